The molecule has 158 valence electrons. The molecule has 0 aliphatic heterocycles. The first-order valence-corrected chi connectivity index (χ1v) is 9.66. The molecular formula is C22H16Cl2N2O5. The van der Waals surface area contributed by atoms with Crippen LogP contribution in [0.25, 0.3) is 11.1 Å². The summed E-state index contributed by atoms with van der Waals surface area (Å²) < 4.78 is 5.27. The number of hydrogen-bond donors (Lipinski definition) is 3. The van der Waals surface area contributed by atoms with E-state index in [1.54, 1.807) is 12.1 Å². The number of hydrogen-bond acceptors (Lipinski definition) is 4. The zero-order valence-corrected chi connectivity index (χ0v) is 17.4. The van der Waals surface area contributed by atoms with Crippen LogP contribution in [0.5, 0.6) is 5.75 Å². The fraction of sp³-hybridized carbons (Fsp3) is 0.0455. The third kappa shape index (κ3) is 5.33. The van der Waals surface area contributed by atoms with Gasteiger partial charge in [0.2, 0.25) is 0 Å². The van der Waals surface area contributed by atoms with Crippen LogP contribution in [-0.2, 0) is 4.79 Å². The number of halogens is 2. The van der Waals surface area contributed by atoms with Crippen molar-refractivity contribution >= 4 is 46.7 Å². The maximum absolute atomic E-state index is 13.0. The van der Waals surface area contributed by atoms with Gasteiger partial charge in [-0.15, -0.1) is 0 Å². The first-order chi connectivity index (χ1) is 14.8. The van der Waals surface area contributed by atoms with Crippen molar-refractivity contribution in [1.82, 2.24) is 0 Å². The maximum atomic E-state index is 13.0. The van der Waals surface area contributed by atoms with Gasteiger partial charge >= 0.3 is 5.97 Å². The molecule has 0 aliphatic carbocycles. The molecule has 9 heteroatoms. The normalized spacial score (nSPS) is 10.4. The zero-order valence-electron chi connectivity index (χ0n) is 15.9. The number of carbonyl (C=O) groups is 3. The molecule has 3 rings (SSSR count). The predicted octanol–water partition coefficient (Wildman–Crippen LogP) is 4.48. The Morgan fingerprint density at radius 3 is 2.29 bits per heavy atom. The van der Waals surface area contributed by atoms with Crippen LogP contribution in [0.15, 0.2) is 60.7 Å². The van der Waals surface area contributed by atoms with Crippen molar-refractivity contribution in [2.45, 2.75) is 0 Å². The fourth-order valence-electron chi connectivity index (χ4n) is 2.85. The van der Waals surface area contributed by atoms with Crippen molar-refractivity contribution < 1.29 is 24.2 Å². The Balaban J connectivity index is 2.01. The molecule has 0 aliphatic rings. The second-order valence-electron chi connectivity index (χ2n) is 6.40. The fourth-order valence-corrected chi connectivity index (χ4v) is 3.40. The number of primary amides is 1. The molecule has 0 aromatic heterocycles. The van der Waals surface area contributed by atoms with E-state index in [0.717, 1.165) is 5.56 Å². The number of anilines is 1. The minimum atomic E-state index is -1.22. The molecule has 2 amide bonds. The van der Waals surface area contributed by atoms with Gasteiger partial charge in [0.25, 0.3) is 11.8 Å². The molecular weight excluding hydrogens is 443 g/mol. The summed E-state index contributed by atoms with van der Waals surface area (Å²) in [6.07, 6.45) is 0. The highest BCUT2D eigenvalue weighted by molar-refractivity contribution is 6.36. The first kappa shape index (κ1) is 22.1. The molecule has 31 heavy (non-hydrogen) atoms. The Labute approximate surface area is 187 Å². The van der Waals surface area contributed by atoms with Gasteiger partial charge in [-0.2, -0.15) is 0 Å². The van der Waals surface area contributed by atoms with E-state index in [2.05, 4.69) is 5.32 Å². The molecule has 0 spiro atoms. The van der Waals surface area contributed by atoms with Crippen LogP contribution in [-0.4, -0.2) is 29.5 Å². The SMILES string of the molecule is NC(=O)COc1c(Cl)cc(Cl)cc1C(=O)Nc1cc(-c2ccccc2)ccc1C(=O)O. The van der Waals surface area contributed by atoms with Gasteiger partial charge in [-0.3, -0.25) is 9.59 Å². The van der Waals surface area contributed by atoms with E-state index in [0.29, 0.717) is 5.56 Å². The smallest absolute Gasteiger partial charge is 0.337 e. The molecule has 3 aromatic rings. The number of amides is 2. The van der Waals surface area contributed by atoms with Crippen molar-refractivity contribution in [3.63, 3.8) is 0 Å². The summed E-state index contributed by atoms with van der Waals surface area (Å²) in [7, 11) is 0. The van der Waals surface area contributed by atoms with Crippen LogP contribution in [0.1, 0.15) is 20.7 Å². The van der Waals surface area contributed by atoms with Gasteiger partial charge in [0.15, 0.2) is 12.4 Å². The summed E-state index contributed by atoms with van der Waals surface area (Å²) in [4.78, 5) is 35.7. The minimum absolute atomic E-state index is 0.00426. The number of ether oxygens (including phenoxy) is 1. The van der Waals surface area contributed by atoms with E-state index in [9.17, 15) is 19.5 Å². The Kier molecular flexibility index (Phi) is 6.79. The Hall–Kier alpha value is -3.55. The number of carboxylic acids is 1. The lowest BCUT2D eigenvalue weighted by molar-refractivity contribution is -0.119. The van der Waals surface area contributed by atoms with E-state index in [1.807, 2.05) is 30.3 Å². The van der Waals surface area contributed by atoms with Crippen LogP contribution < -0.4 is 15.8 Å². The number of nitrogens with two attached hydrogens (primary N) is 1. The summed E-state index contributed by atoms with van der Waals surface area (Å²) >= 11 is 12.1. The average molecular weight is 459 g/mol. The summed E-state index contributed by atoms with van der Waals surface area (Å²) in [6.45, 7) is -0.508. The summed E-state index contributed by atoms with van der Waals surface area (Å²) in [5.41, 5.74) is 6.51. The number of nitrogens with one attached hydrogen (secondary N) is 1. The van der Waals surface area contributed by atoms with Gasteiger partial charge < -0.3 is 20.9 Å². The predicted molar refractivity (Wildman–Crippen MR) is 118 cm³/mol. The first-order valence-electron chi connectivity index (χ1n) is 8.90. The van der Waals surface area contributed by atoms with Crippen molar-refractivity contribution in [2.75, 3.05) is 11.9 Å². The van der Waals surface area contributed by atoms with E-state index >= 15 is 0 Å². The van der Waals surface area contributed by atoms with Crippen molar-refractivity contribution in [2.24, 2.45) is 5.73 Å². The molecule has 0 radical (unpaired) electrons. The second kappa shape index (κ2) is 9.51. The van der Waals surface area contributed by atoms with Crippen molar-refractivity contribution in [1.29, 1.82) is 0 Å². The lowest BCUT2D eigenvalue weighted by Crippen LogP contribution is -2.22. The second-order valence-corrected chi connectivity index (χ2v) is 7.25. The van der Waals surface area contributed by atoms with Gasteiger partial charge in [-0.05, 0) is 35.4 Å². The van der Waals surface area contributed by atoms with E-state index < -0.39 is 24.4 Å². The molecule has 0 saturated carbocycles. The minimum Gasteiger partial charge on any atom is -0.481 e. The quantitative estimate of drug-likeness (QED) is 0.482. The Morgan fingerprint density at radius 1 is 0.935 bits per heavy atom. The third-order valence-electron chi connectivity index (χ3n) is 4.22. The Bertz CT molecular complexity index is 1170. The van der Waals surface area contributed by atoms with E-state index in [4.69, 9.17) is 33.7 Å². The largest absolute Gasteiger partial charge is 0.481 e. The number of carbonyl (C=O) groups excluding carboxylic acids is 2. The van der Waals surface area contributed by atoms with Crippen LogP contribution in [0, 0.1) is 0 Å². The number of rotatable bonds is 7. The highest BCUT2D eigenvalue weighted by atomic mass is 35.5. The lowest BCUT2D eigenvalue weighted by atomic mass is 10.0. The van der Waals surface area contributed by atoms with Gasteiger partial charge in [0.05, 0.1) is 21.8 Å². The highest BCUT2D eigenvalue weighted by Gasteiger charge is 2.21. The topological polar surface area (TPSA) is 119 Å². The summed E-state index contributed by atoms with van der Waals surface area (Å²) in [6, 6.07) is 16.5. The van der Waals surface area contributed by atoms with Gasteiger partial charge in [-0.25, -0.2) is 4.79 Å². The van der Waals surface area contributed by atoms with Gasteiger partial charge in [-0.1, -0.05) is 59.6 Å². The van der Waals surface area contributed by atoms with Crippen LogP contribution in [0.2, 0.25) is 10.0 Å². The average Bonchev–Trinajstić information content (AvgIpc) is 2.72. The van der Waals surface area contributed by atoms with Crippen molar-refractivity contribution in [3.8, 4) is 16.9 Å². The molecule has 0 atom stereocenters. The monoisotopic (exact) mass is 458 g/mol. The zero-order chi connectivity index (χ0) is 22.5. The van der Waals surface area contributed by atoms with Crippen molar-refractivity contribution in [3.05, 3.63) is 81.8 Å². The van der Waals surface area contributed by atoms with Crippen LogP contribution >= 0.6 is 23.2 Å². The van der Waals surface area contributed by atoms with Gasteiger partial charge in [0, 0.05) is 5.02 Å². The molecule has 0 bridgehead atoms. The molecule has 3 aromatic carbocycles. The molecule has 7 nitrogen and oxygen atoms in total. The molecule has 0 unspecified atom stereocenters. The Morgan fingerprint density at radius 2 is 1.65 bits per heavy atom. The molecule has 0 heterocycles. The standard InChI is InChI=1S/C22H16Cl2N2O5/c23-14-9-16(20(17(24)10-14)31-11-19(25)27)21(28)26-18-8-13(6-7-15(18)22(29)30)12-4-2-1-3-5-12/h1-10H,11H2,(H2,25,27)(H,26,28)(H,29,30). The van der Waals surface area contributed by atoms with E-state index in [1.165, 1.54) is 18.2 Å². The molecule has 0 fully saturated rings. The van der Waals surface area contributed by atoms with Gasteiger partial charge in [0.1, 0.15) is 0 Å². The summed E-state index contributed by atoms with van der Waals surface area (Å²) in [5.74, 6) is -2.81. The summed E-state index contributed by atoms with van der Waals surface area (Å²) in [5, 5.41) is 12.2. The lowest BCUT2D eigenvalue weighted by Gasteiger charge is -2.15. The van der Waals surface area contributed by atoms with Crippen LogP contribution in [0.3, 0.4) is 0 Å². The maximum Gasteiger partial charge on any atom is 0.337 e. The highest BCUT2D eigenvalue weighted by Crippen LogP contribution is 2.34. The molecule has 0 saturated heterocycles. The van der Waals surface area contributed by atoms with E-state index in [-0.39, 0.29) is 32.6 Å². The number of benzene rings is 3. The molecule has 4 N–H and O–H groups in total. The van der Waals surface area contributed by atoms with Crippen LogP contribution in [0.4, 0.5) is 5.69 Å². The number of carboxylic acid groups (broad SMARTS) is 1. The third-order valence-corrected chi connectivity index (χ3v) is 4.72. The number of aromatic carboxylic acids is 1.